The molecular weight excluding hydrogens is 298 g/mol. The molecule has 0 unspecified atom stereocenters. The Balaban J connectivity index is 2.54. The molecule has 0 spiro atoms. The molecule has 2 N–H and O–H groups in total. The summed E-state index contributed by atoms with van der Waals surface area (Å²) in [5.74, 6) is -0.464. The second-order valence-electron chi connectivity index (χ2n) is 7.34. The summed E-state index contributed by atoms with van der Waals surface area (Å²) in [6, 6.07) is -0.687. The third-order valence-corrected chi connectivity index (χ3v) is 3.49. The van der Waals surface area contributed by atoms with Gasteiger partial charge in [-0.05, 0) is 33.1 Å². The molecule has 0 aromatic heterocycles. The summed E-state index contributed by atoms with van der Waals surface area (Å²) in [6.45, 7) is 11.6. The van der Waals surface area contributed by atoms with Crippen molar-refractivity contribution in [1.82, 2.24) is 15.5 Å². The maximum Gasteiger partial charge on any atom is 0.410 e. The molecule has 2 atom stereocenters. The van der Waals surface area contributed by atoms with Crippen molar-refractivity contribution in [3.63, 3.8) is 0 Å². The maximum absolute atomic E-state index is 12.3. The number of nitrogens with zero attached hydrogens (tertiary/aromatic N) is 1. The van der Waals surface area contributed by atoms with Crippen LogP contribution in [0.2, 0.25) is 0 Å². The molecule has 1 aliphatic rings. The van der Waals surface area contributed by atoms with E-state index in [1.165, 1.54) is 6.92 Å². The van der Waals surface area contributed by atoms with Crippen LogP contribution in [0.15, 0.2) is 0 Å². The summed E-state index contributed by atoms with van der Waals surface area (Å²) < 4.78 is 5.33. The summed E-state index contributed by atoms with van der Waals surface area (Å²) in [7, 11) is 0. The monoisotopic (exact) mass is 327 g/mol. The molecule has 1 rings (SSSR count). The lowest BCUT2D eigenvalue weighted by Crippen LogP contribution is -2.52. The molecule has 0 aromatic rings. The molecule has 7 nitrogen and oxygen atoms in total. The first-order valence-electron chi connectivity index (χ1n) is 8.05. The maximum atomic E-state index is 12.3. The molecule has 0 radical (unpaired) electrons. The molecule has 23 heavy (non-hydrogen) atoms. The Morgan fingerprint density at radius 1 is 1.22 bits per heavy atom. The number of ether oxygens (including phenoxy) is 1. The highest BCUT2D eigenvalue weighted by Crippen LogP contribution is 2.15. The van der Waals surface area contributed by atoms with Crippen molar-refractivity contribution in [1.29, 1.82) is 0 Å². The van der Waals surface area contributed by atoms with Gasteiger partial charge in [-0.25, -0.2) is 4.79 Å². The number of carbonyl (C=O) groups is 3. The molecule has 1 heterocycles. The number of nitrogens with one attached hydrogen (secondary N) is 2. The van der Waals surface area contributed by atoms with Gasteiger partial charge in [0.15, 0.2) is 0 Å². The van der Waals surface area contributed by atoms with Gasteiger partial charge in [0.05, 0.1) is 0 Å². The Kier molecular flexibility index (Phi) is 6.41. The molecule has 3 amide bonds. The molecule has 132 valence electrons. The fraction of sp³-hybridized carbons (Fsp3) is 0.812. The predicted molar refractivity (Wildman–Crippen MR) is 86.8 cm³/mol. The molecule has 0 bridgehead atoms. The van der Waals surface area contributed by atoms with E-state index in [9.17, 15) is 14.4 Å². The van der Waals surface area contributed by atoms with E-state index in [-0.39, 0.29) is 29.9 Å². The SMILES string of the molecule is CC(=O)N[C@H](C(=O)N[C@@H]1CCN(C(=O)OC(C)(C)C)C1)C(C)C. The molecule has 7 heteroatoms. The van der Waals surface area contributed by atoms with Gasteiger partial charge >= 0.3 is 6.09 Å². The van der Waals surface area contributed by atoms with Crippen LogP contribution in [-0.2, 0) is 14.3 Å². The summed E-state index contributed by atoms with van der Waals surface area (Å²) in [4.78, 5) is 37.1. The van der Waals surface area contributed by atoms with Gasteiger partial charge in [0, 0.05) is 26.1 Å². The minimum atomic E-state index is -0.567. The van der Waals surface area contributed by atoms with Crippen molar-refractivity contribution in [3.8, 4) is 0 Å². The molecule has 0 aromatic carbocycles. The number of hydrogen-bond acceptors (Lipinski definition) is 4. The van der Waals surface area contributed by atoms with Crippen molar-refractivity contribution in [2.24, 2.45) is 5.92 Å². The average Bonchev–Trinajstić information content (AvgIpc) is 2.81. The van der Waals surface area contributed by atoms with Crippen LogP contribution in [0.3, 0.4) is 0 Å². The van der Waals surface area contributed by atoms with Crippen LogP contribution >= 0.6 is 0 Å². The van der Waals surface area contributed by atoms with Crippen LogP contribution in [-0.4, -0.2) is 53.6 Å². The predicted octanol–water partition coefficient (Wildman–Crippen LogP) is 1.27. The molecule has 0 aliphatic carbocycles. The Bertz CT molecular complexity index is 457. The number of hydrogen-bond donors (Lipinski definition) is 2. The van der Waals surface area contributed by atoms with Gasteiger partial charge in [-0.15, -0.1) is 0 Å². The molecule has 1 saturated heterocycles. The number of rotatable bonds is 4. The Morgan fingerprint density at radius 3 is 2.30 bits per heavy atom. The zero-order valence-electron chi connectivity index (χ0n) is 14.9. The molecular formula is C16H29N3O4. The lowest BCUT2D eigenvalue weighted by molar-refractivity contribution is -0.129. The summed E-state index contributed by atoms with van der Waals surface area (Å²) >= 11 is 0. The lowest BCUT2D eigenvalue weighted by Gasteiger charge is -2.25. The minimum Gasteiger partial charge on any atom is -0.444 e. The summed E-state index contributed by atoms with van der Waals surface area (Å²) in [5, 5.41) is 5.57. The standard InChI is InChI=1S/C16H29N3O4/c1-10(2)13(17-11(3)20)14(21)18-12-7-8-19(9-12)15(22)23-16(4,5)6/h10,12-13H,7-9H2,1-6H3,(H,17,20)(H,18,21)/t12-,13+/m1/s1. The third kappa shape index (κ3) is 6.46. The smallest absolute Gasteiger partial charge is 0.410 e. The van der Waals surface area contributed by atoms with E-state index in [2.05, 4.69) is 10.6 Å². The topological polar surface area (TPSA) is 87.7 Å². The van der Waals surface area contributed by atoms with Crippen LogP contribution in [0.4, 0.5) is 4.79 Å². The summed E-state index contributed by atoms with van der Waals surface area (Å²) in [5.41, 5.74) is -0.535. The van der Waals surface area contributed by atoms with Crippen molar-refractivity contribution in [2.75, 3.05) is 13.1 Å². The van der Waals surface area contributed by atoms with Gasteiger partial charge in [-0.1, -0.05) is 13.8 Å². The third-order valence-electron chi connectivity index (χ3n) is 3.49. The molecule has 1 aliphatic heterocycles. The van der Waals surface area contributed by atoms with Crippen molar-refractivity contribution in [2.45, 2.75) is 65.6 Å². The zero-order valence-corrected chi connectivity index (χ0v) is 14.9. The summed E-state index contributed by atoms with van der Waals surface area (Å²) in [6.07, 6.45) is 0.312. The van der Waals surface area contributed by atoms with Crippen molar-refractivity contribution in [3.05, 3.63) is 0 Å². The van der Waals surface area contributed by atoms with Crippen LogP contribution in [0.25, 0.3) is 0 Å². The minimum absolute atomic E-state index is 0.0118. The van der Waals surface area contributed by atoms with Crippen molar-refractivity contribution < 1.29 is 19.1 Å². The Morgan fingerprint density at radius 2 is 1.83 bits per heavy atom. The highest BCUT2D eigenvalue weighted by molar-refractivity contribution is 5.87. The lowest BCUT2D eigenvalue weighted by atomic mass is 10.0. The number of amides is 3. The first kappa shape index (κ1) is 19.3. The molecule has 1 fully saturated rings. The van der Waals surface area contributed by atoms with E-state index >= 15 is 0 Å². The largest absolute Gasteiger partial charge is 0.444 e. The van der Waals surface area contributed by atoms with Crippen LogP contribution in [0, 0.1) is 5.92 Å². The van der Waals surface area contributed by atoms with Crippen LogP contribution in [0.1, 0.15) is 48.0 Å². The number of carbonyl (C=O) groups excluding carboxylic acids is 3. The normalized spacial score (nSPS) is 19.4. The highest BCUT2D eigenvalue weighted by atomic mass is 16.6. The molecule has 0 saturated carbocycles. The van der Waals surface area contributed by atoms with Gasteiger partial charge in [-0.3, -0.25) is 9.59 Å². The van der Waals surface area contributed by atoms with E-state index in [0.717, 1.165) is 0 Å². The van der Waals surface area contributed by atoms with Crippen LogP contribution < -0.4 is 10.6 Å². The van der Waals surface area contributed by atoms with Crippen molar-refractivity contribution >= 4 is 17.9 Å². The van der Waals surface area contributed by atoms with E-state index in [4.69, 9.17) is 4.74 Å². The highest BCUT2D eigenvalue weighted by Gasteiger charge is 2.32. The quantitative estimate of drug-likeness (QED) is 0.814. The fourth-order valence-corrected chi connectivity index (χ4v) is 2.42. The fourth-order valence-electron chi connectivity index (χ4n) is 2.42. The van der Waals surface area contributed by atoms with E-state index in [1.54, 1.807) is 4.90 Å². The van der Waals surface area contributed by atoms with Gasteiger partial charge in [-0.2, -0.15) is 0 Å². The van der Waals surface area contributed by atoms with E-state index in [0.29, 0.717) is 19.5 Å². The second kappa shape index (κ2) is 7.66. The Labute approximate surface area is 138 Å². The number of likely N-dealkylation sites (tertiary alicyclic amines) is 1. The first-order chi connectivity index (χ1) is 10.5. The van der Waals surface area contributed by atoms with Gasteiger partial charge < -0.3 is 20.3 Å². The Hall–Kier alpha value is -1.79. The van der Waals surface area contributed by atoms with E-state index in [1.807, 2.05) is 34.6 Å². The van der Waals surface area contributed by atoms with Gasteiger partial charge in [0.25, 0.3) is 0 Å². The zero-order chi connectivity index (χ0) is 17.8. The first-order valence-corrected chi connectivity index (χ1v) is 8.05. The van der Waals surface area contributed by atoms with Crippen LogP contribution in [0.5, 0.6) is 0 Å². The van der Waals surface area contributed by atoms with E-state index < -0.39 is 11.6 Å². The average molecular weight is 327 g/mol. The van der Waals surface area contributed by atoms with Gasteiger partial charge in [0.2, 0.25) is 11.8 Å². The van der Waals surface area contributed by atoms with Gasteiger partial charge in [0.1, 0.15) is 11.6 Å². The second-order valence-corrected chi connectivity index (χ2v) is 7.34.